The van der Waals surface area contributed by atoms with Crippen LogP contribution in [0.5, 0.6) is 0 Å². The second kappa shape index (κ2) is 6.11. The fourth-order valence-corrected chi connectivity index (χ4v) is 1.35. The molecule has 0 radical (unpaired) electrons. The van der Waals surface area contributed by atoms with Gasteiger partial charge in [0.25, 0.3) is 0 Å². The van der Waals surface area contributed by atoms with Crippen LogP contribution in [-0.4, -0.2) is 31.6 Å². The Kier molecular flexibility index (Phi) is 5.01. The summed E-state index contributed by atoms with van der Waals surface area (Å²) in [6.45, 7) is 4.32. The lowest BCUT2D eigenvalue weighted by molar-refractivity contribution is -0.0188. The van der Waals surface area contributed by atoms with Crippen LogP contribution < -0.4 is 0 Å². The topological polar surface area (TPSA) is 42.3 Å². The monoisotopic (exact) mass is 185 g/mol. The van der Waals surface area contributed by atoms with Crippen molar-refractivity contribution in [3.63, 3.8) is 0 Å². The number of unbranched alkanes of at least 4 members (excludes halogenated alkanes) is 1. The van der Waals surface area contributed by atoms with Crippen LogP contribution in [0.25, 0.3) is 0 Å². The van der Waals surface area contributed by atoms with Crippen LogP contribution in [0.1, 0.15) is 32.6 Å². The molecule has 0 saturated carbocycles. The second-order valence-electron chi connectivity index (χ2n) is 3.48. The van der Waals surface area contributed by atoms with Crippen molar-refractivity contribution >= 4 is 5.71 Å². The van der Waals surface area contributed by atoms with Crippen molar-refractivity contribution in [2.24, 2.45) is 0 Å². The summed E-state index contributed by atoms with van der Waals surface area (Å²) < 4.78 is 10.9. The predicted octanol–water partition coefficient (Wildman–Crippen LogP) is 2.00. The predicted molar refractivity (Wildman–Crippen MR) is 52.4 cm³/mol. The van der Waals surface area contributed by atoms with Crippen LogP contribution in [0.3, 0.4) is 0 Å². The Labute approximate surface area is 79.9 Å². The quantitative estimate of drug-likeness (QED) is 0.666. The maximum atomic E-state index is 7.50. The molecule has 13 heavy (non-hydrogen) atoms. The highest BCUT2D eigenvalue weighted by Gasteiger charge is 2.17. The van der Waals surface area contributed by atoms with Gasteiger partial charge in [-0.1, -0.05) is 13.3 Å². The third-order valence-electron chi connectivity index (χ3n) is 2.18. The van der Waals surface area contributed by atoms with Gasteiger partial charge in [-0.2, -0.15) is 0 Å². The van der Waals surface area contributed by atoms with E-state index in [1.165, 1.54) is 6.42 Å². The lowest BCUT2D eigenvalue weighted by Crippen LogP contribution is -2.29. The minimum Gasteiger partial charge on any atom is -0.379 e. The molecule has 1 aliphatic heterocycles. The first-order valence-electron chi connectivity index (χ1n) is 5.08. The highest BCUT2D eigenvalue weighted by molar-refractivity contribution is 5.82. The summed E-state index contributed by atoms with van der Waals surface area (Å²) >= 11 is 0. The molecule has 1 fully saturated rings. The van der Waals surface area contributed by atoms with E-state index in [4.69, 9.17) is 14.9 Å². The first-order chi connectivity index (χ1) is 6.33. The minimum atomic E-state index is 0.137. The summed E-state index contributed by atoms with van der Waals surface area (Å²) in [5.41, 5.74) is 0.801. The molecule has 1 aliphatic rings. The van der Waals surface area contributed by atoms with E-state index in [2.05, 4.69) is 6.92 Å². The van der Waals surface area contributed by atoms with E-state index >= 15 is 0 Å². The zero-order chi connectivity index (χ0) is 9.52. The molecule has 76 valence electrons. The van der Waals surface area contributed by atoms with Gasteiger partial charge in [0.15, 0.2) is 0 Å². The average molecular weight is 185 g/mol. The Morgan fingerprint density at radius 3 is 3.15 bits per heavy atom. The highest BCUT2D eigenvalue weighted by atomic mass is 16.5. The zero-order valence-corrected chi connectivity index (χ0v) is 8.34. The number of ether oxygens (including phenoxy) is 2. The highest BCUT2D eigenvalue weighted by Crippen LogP contribution is 2.10. The average Bonchev–Trinajstić information content (AvgIpc) is 2.13. The van der Waals surface area contributed by atoms with Gasteiger partial charge in [-0.05, 0) is 6.42 Å². The van der Waals surface area contributed by atoms with Gasteiger partial charge in [0, 0.05) is 25.2 Å². The van der Waals surface area contributed by atoms with Crippen molar-refractivity contribution in [1.29, 1.82) is 5.41 Å². The lowest BCUT2D eigenvalue weighted by Gasteiger charge is -2.23. The fraction of sp³-hybridized carbons (Fsp3) is 0.900. The molecule has 3 heteroatoms. The van der Waals surface area contributed by atoms with Crippen molar-refractivity contribution in [3.05, 3.63) is 0 Å². The number of rotatable bonds is 5. The Balaban J connectivity index is 2.03. The van der Waals surface area contributed by atoms with E-state index in [1.54, 1.807) is 0 Å². The van der Waals surface area contributed by atoms with Crippen LogP contribution in [-0.2, 0) is 9.47 Å². The normalized spacial score (nSPS) is 23.5. The summed E-state index contributed by atoms with van der Waals surface area (Å²) in [4.78, 5) is 0. The summed E-state index contributed by atoms with van der Waals surface area (Å²) in [5, 5.41) is 7.50. The van der Waals surface area contributed by atoms with Gasteiger partial charge in [-0.15, -0.1) is 0 Å². The molecule has 0 bridgehead atoms. The molecule has 1 heterocycles. The summed E-state index contributed by atoms with van der Waals surface area (Å²) in [6, 6.07) is 0. The smallest absolute Gasteiger partial charge is 0.0860 e. The lowest BCUT2D eigenvalue weighted by atomic mass is 10.1. The van der Waals surface area contributed by atoms with Crippen molar-refractivity contribution in [3.8, 4) is 0 Å². The SMILES string of the molecule is CCCCOCC1CC(=N)CCO1. The van der Waals surface area contributed by atoms with E-state index in [9.17, 15) is 0 Å². The van der Waals surface area contributed by atoms with Crippen molar-refractivity contribution in [2.45, 2.75) is 38.7 Å². The Morgan fingerprint density at radius 2 is 2.46 bits per heavy atom. The van der Waals surface area contributed by atoms with Crippen molar-refractivity contribution < 1.29 is 9.47 Å². The minimum absolute atomic E-state index is 0.137. The molecule has 1 saturated heterocycles. The number of hydrogen-bond acceptors (Lipinski definition) is 3. The van der Waals surface area contributed by atoms with Crippen LogP contribution in [0.2, 0.25) is 0 Å². The molecule has 0 aromatic carbocycles. The van der Waals surface area contributed by atoms with Crippen molar-refractivity contribution in [1.82, 2.24) is 0 Å². The number of nitrogens with one attached hydrogen (secondary N) is 1. The van der Waals surface area contributed by atoms with Crippen LogP contribution in [0.4, 0.5) is 0 Å². The molecule has 0 aromatic rings. The molecule has 1 rings (SSSR count). The van der Waals surface area contributed by atoms with Gasteiger partial charge in [0.1, 0.15) is 0 Å². The first kappa shape index (κ1) is 10.7. The maximum Gasteiger partial charge on any atom is 0.0860 e. The third-order valence-corrected chi connectivity index (χ3v) is 2.18. The van der Waals surface area contributed by atoms with E-state index in [0.29, 0.717) is 13.2 Å². The largest absolute Gasteiger partial charge is 0.379 e. The van der Waals surface area contributed by atoms with Gasteiger partial charge in [0.2, 0.25) is 0 Å². The second-order valence-corrected chi connectivity index (χ2v) is 3.48. The van der Waals surface area contributed by atoms with E-state index in [-0.39, 0.29) is 6.10 Å². The standard InChI is InChI=1S/C10H19NO2/c1-2-3-5-12-8-10-7-9(11)4-6-13-10/h10-11H,2-8H2,1H3. The van der Waals surface area contributed by atoms with Gasteiger partial charge in [-0.3, -0.25) is 0 Å². The third kappa shape index (κ3) is 4.39. The summed E-state index contributed by atoms with van der Waals surface area (Å²) in [7, 11) is 0. The van der Waals surface area contributed by atoms with E-state index < -0.39 is 0 Å². The van der Waals surface area contributed by atoms with E-state index in [0.717, 1.165) is 31.6 Å². The summed E-state index contributed by atoms with van der Waals surface area (Å²) in [6.07, 6.45) is 3.97. The van der Waals surface area contributed by atoms with Gasteiger partial charge < -0.3 is 14.9 Å². The van der Waals surface area contributed by atoms with Crippen LogP contribution in [0.15, 0.2) is 0 Å². The fourth-order valence-electron chi connectivity index (χ4n) is 1.35. The first-order valence-corrected chi connectivity index (χ1v) is 5.08. The van der Waals surface area contributed by atoms with Crippen LogP contribution >= 0.6 is 0 Å². The van der Waals surface area contributed by atoms with Gasteiger partial charge in [0.05, 0.1) is 19.3 Å². The number of hydrogen-bond donors (Lipinski definition) is 1. The molecule has 0 aromatic heterocycles. The Hall–Kier alpha value is -0.410. The molecular weight excluding hydrogens is 166 g/mol. The van der Waals surface area contributed by atoms with E-state index in [1.807, 2.05) is 0 Å². The van der Waals surface area contributed by atoms with Crippen LogP contribution in [0, 0.1) is 5.41 Å². The zero-order valence-electron chi connectivity index (χ0n) is 8.34. The molecule has 3 nitrogen and oxygen atoms in total. The molecule has 0 spiro atoms. The Morgan fingerprint density at radius 1 is 1.62 bits per heavy atom. The maximum absolute atomic E-state index is 7.50. The molecular formula is C10H19NO2. The molecule has 1 N–H and O–H groups in total. The molecule has 0 aliphatic carbocycles. The molecule has 1 atom stereocenters. The van der Waals surface area contributed by atoms with Gasteiger partial charge in [-0.25, -0.2) is 0 Å². The molecule has 1 unspecified atom stereocenters. The molecule has 0 amide bonds. The van der Waals surface area contributed by atoms with Crippen molar-refractivity contribution in [2.75, 3.05) is 19.8 Å². The van der Waals surface area contributed by atoms with Gasteiger partial charge >= 0.3 is 0 Å². The summed E-state index contributed by atoms with van der Waals surface area (Å²) in [5.74, 6) is 0. The Bertz CT molecular complexity index is 159.